The Balaban J connectivity index is 0.00000392. The summed E-state index contributed by atoms with van der Waals surface area (Å²) in [4.78, 5) is 6.67. The number of nitrogens with one attached hydrogen (secondary N) is 2. The Hall–Kier alpha value is -1.06. The first-order valence-corrected chi connectivity index (χ1v) is 10.1. The summed E-state index contributed by atoms with van der Waals surface area (Å²) in [5.41, 5.74) is 2.56. The van der Waals surface area contributed by atoms with Gasteiger partial charge in [0.05, 0.1) is 13.2 Å². The molecule has 0 saturated carbocycles. The van der Waals surface area contributed by atoms with Crippen molar-refractivity contribution in [2.75, 3.05) is 64.6 Å². The van der Waals surface area contributed by atoms with Crippen LogP contribution in [0.2, 0.25) is 0 Å². The number of nitrogens with zero attached hydrogens (tertiary/aromatic N) is 2. The lowest BCUT2D eigenvalue weighted by molar-refractivity contribution is 0.0888. The molecule has 1 aliphatic rings. The quantitative estimate of drug-likeness (QED) is 0.210. The molecular formula is C21H37IN4O2. The van der Waals surface area contributed by atoms with Crippen LogP contribution in [0.1, 0.15) is 25.3 Å². The fourth-order valence-corrected chi connectivity index (χ4v) is 3.17. The monoisotopic (exact) mass is 504 g/mol. The predicted octanol–water partition coefficient (Wildman–Crippen LogP) is 3.05. The molecule has 7 heteroatoms. The third-order valence-corrected chi connectivity index (χ3v) is 4.78. The normalized spacial score (nSPS) is 16.5. The van der Waals surface area contributed by atoms with Crippen LogP contribution >= 0.6 is 24.0 Å². The summed E-state index contributed by atoms with van der Waals surface area (Å²) >= 11 is 0. The molecule has 1 atom stereocenters. The SMILES string of the molecule is CCN(CCNC(=NC)NCCCOCC1CCOC1)c1cccc(C)c1.I. The molecule has 1 aliphatic heterocycles. The van der Waals surface area contributed by atoms with Crippen LogP contribution in [0.5, 0.6) is 0 Å². The van der Waals surface area contributed by atoms with Crippen molar-refractivity contribution >= 4 is 35.6 Å². The zero-order chi connectivity index (χ0) is 19.3. The van der Waals surface area contributed by atoms with Gasteiger partial charge in [-0.3, -0.25) is 4.99 Å². The van der Waals surface area contributed by atoms with Crippen molar-refractivity contribution in [1.29, 1.82) is 0 Å². The summed E-state index contributed by atoms with van der Waals surface area (Å²) in [7, 11) is 1.81. The number of aliphatic imine (C=N–C) groups is 1. The lowest BCUT2D eigenvalue weighted by atomic mass is 10.1. The van der Waals surface area contributed by atoms with Crippen molar-refractivity contribution < 1.29 is 9.47 Å². The molecule has 0 aromatic heterocycles. The number of ether oxygens (including phenoxy) is 2. The van der Waals surface area contributed by atoms with E-state index in [0.29, 0.717) is 5.92 Å². The molecule has 0 aliphatic carbocycles. The summed E-state index contributed by atoms with van der Waals surface area (Å²) in [6.45, 7) is 11.3. The number of benzene rings is 1. The number of likely N-dealkylation sites (N-methyl/N-ethyl adjacent to an activating group) is 1. The Morgan fingerprint density at radius 3 is 2.82 bits per heavy atom. The molecule has 1 heterocycles. The van der Waals surface area contributed by atoms with Crippen molar-refractivity contribution in [2.24, 2.45) is 10.9 Å². The van der Waals surface area contributed by atoms with E-state index in [-0.39, 0.29) is 24.0 Å². The second kappa shape index (κ2) is 14.9. The number of rotatable bonds is 11. The van der Waals surface area contributed by atoms with E-state index >= 15 is 0 Å². The molecule has 1 saturated heterocycles. The van der Waals surface area contributed by atoms with Crippen LogP contribution < -0.4 is 15.5 Å². The first-order valence-electron chi connectivity index (χ1n) is 10.1. The van der Waals surface area contributed by atoms with Gasteiger partial charge in [-0.05, 0) is 44.4 Å². The van der Waals surface area contributed by atoms with Crippen LogP contribution in [0.3, 0.4) is 0 Å². The van der Waals surface area contributed by atoms with Crippen LogP contribution in [-0.4, -0.2) is 65.6 Å². The molecule has 6 nitrogen and oxygen atoms in total. The van der Waals surface area contributed by atoms with Gasteiger partial charge in [-0.25, -0.2) is 0 Å². The fraction of sp³-hybridized carbons (Fsp3) is 0.667. The Morgan fingerprint density at radius 1 is 1.32 bits per heavy atom. The number of halogens is 1. The molecule has 1 unspecified atom stereocenters. The minimum Gasteiger partial charge on any atom is -0.381 e. The Morgan fingerprint density at radius 2 is 2.14 bits per heavy atom. The zero-order valence-corrected chi connectivity index (χ0v) is 19.9. The topological polar surface area (TPSA) is 58.1 Å². The first-order chi connectivity index (χ1) is 13.2. The van der Waals surface area contributed by atoms with Crippen LogP contribution in [0, 0.1) is 12.8 Å². The predicted molar refractivity (Wildman–Crippen MR) is 128 cm³/mol. The highest BCUT2D eigenvalue weighted by molar-refractivity contribution is 14.0. The molecule has 160 valence electrons. The largest absolute Gasteiger partial charge is 0.381 e. The van der Waals surface area contributed by atoms with E-state index in [0.717, 1.165) is 71.4 Å². The Labute approximate surface area is 187 Å². The molecule has 0 amide bonds. The summed E-state index contributed by atoms with van der Waals surface area (Å²) in [5.74, 6) is 1.43. The van der Waals surface area contributed by atoms with Gasteiger partial charge < -0.3 is 25.0 Å². The lowest BCUT2D eigenvalue weighted by Crippen LogP contribution is -2.42. The minimum atomic E-state index is 0. The molecule has 2 rings (SSSR count). The third-order valence-electron chi connectivity index (χ3n) is 4.78. The van der Waals surface area contributed by atoms with E-state index in [1.54, 1.807) is 0 Å². The summed E-state index contributed by atoms with van der Waals surface area (Å²) in [6.07, 6.45) is 2.10. The van der Waals surface area contributed by atoms with Crippen LogP contribution in [0.15, 0.2) is 29.3 Å². The van der Waals surface area contributed by atoms with Gasteiger partial charge in [-0.2, -0.15) is 0 Å². The van der Waals surface area contributed by atoms with E-state index in [1.165, 1.54) is 11.3 Å². The molecule has 28 heavy (non-hydrogen) atoms. The lowest BCUT2D eigenvalue weighted by Gasteiger charge is -2.24. The van der Waals surface area contributed by atoms with Crippen LogP contribution in [0.4, 0.5) is 5.69 Å². The van der Waals surface area contributed by atoms with E-state index in [9.17, 15) is 0 Å². The second-order valence-electron chi connectivity index (χ2n) is 7.00. The van der Waals surface area contributed by atoms with E-state index in [4.69, 9.17) is 9.47 Å². The van der Waals surface area contributed by atoms with Crippen molar-refractivity contribution in [3.63, 3.8) is 0 Å². The van der Waals surface area contributed by atoms with Gasteiger partial charge in [-0.1, -0.05) is 12.1 Å². The van der Waals surface area contributed by atoms with Crippen LogP contribution in [-0.2, 0) is 9.47 Å². The van der Waals surface area contributed by atoms with Gasteiger partial charge >= 0.3 is 0 Å². The number of aryl methyl sites for hydroxylation is 1. The summed E-state index contributed by atoms with van der Waals surface area (Å²) < 4.78 is 11.1. The van der Waals surface area contributed by atoms with Crippen molar-refractivity contribution in [2.45, 2.75) is 26.7 Å². The van der Waals surface area contributed by atoms with Gasteiger partial charge in [0, 0.05) is 58.0 Å². The van der Waals surface area contributed by atoms with Gasteiger partial charge in [-0.15, -0.1) is 24.0 Å². The molecule has 1 aromatic rings. The standard InChI is InChI=1S/C21H36N4O2.HI/c1-4-25(20-8-5-7-18(2)15-20)12-11-24-21(22-3)23-10-6-13-26-16-19-9-14-27-17-19;/h5,7-8,15,19H,4,6,9-14,16-17H2,1-3H3,(H2,22,23,24);1H. The van der Waals surface area contributed by atoms with E-state index in [1.807, 2.05) is 7.05 Å². The average Bonchev–Trinajstić information content (AvgIpc) is 3.19. The van der Waals surface area contributed by atoms with Gasteiger partial charge in [0.1, 0.15) is 0 Å². The third kappa shape index (κ3) is 9.43. The average molecular weight is 504 g/mol. The van der Waals surface area contributed by atoms with Crippen molar-refractivity contribution in [3.05, 3.63) is 29.8 Å². The molecular weight excluding hydrogens is 467 g/mol. The fourth-order valence-electron chi connectivity index (χ4n) is 3.17. The van der Waals surface area contributed by atoms with Crippen LogP contribution in [0.25, 0.3) is 0 Å². The van der Waals surface area contributed by atoms with Gasteiger partial charge in [0.25, 0.3) is 0 Å². The summed E-state index contributed by atoms with van der Waals surface area (Å²) in [6, 6.07) is 8.64. The Kier molecular flexibility index (Phi) is 13.3. The van der Waals surface area contributed by atoms with Crippen molar-refractivity contribution in [1.82, 2.24) is 10.6 Å². The van der Waals surface area contributed by atoms with E-state index < -0.39 is 0 Å². The highest BCUT2D eigenvalue weighted by Crippen LogP contribution is 2.15. The molecule has 0 spiro atoms. The highest BCUT2D eigenvalue weighted by atomic mass is 127. The number of anilines is 1. The Bertz CT molecular complexity index is 565. The van der Waals surface area contributed by atoms with Gasteiger partial charge in [0.2, 0.25) is 0 Å². The van der Waals surface area contributed by atoms with Gasteiger partial charge in [0.15, 0.2) is 5.96 Å². The maximum absolute atomic E-state index is 5.73. The number of guanidine groups is 1. The molecule has 2 N–H and O–H groups in total. The maximum atomic E-state index is 5.73. The van der Waals surface area contributed by atoms with E-state index in [2.05, 4.69) is 58.6 Å². The molecule has 1 fully saturated rings. The molecule has 0 bridgehead atoms. The molecule has 1 aromatic carbocycles. The smallest absolute Gasteiger partial charge is 0.191 e. The maximum Gasteiger partial charge on any atom is 0.191 e. The first kappa shape index (κ1) is 25.0. The molecule has 0 radical (unpaired) electrons. The second-order valence-corrected chi connectivity index (χ2v) is 7.00. The highest BCUT2D eigenvalue weighted by Gasteiger charge is 2.15. The zero-order valence-electron chi connectivity index (χ0n) is 17.6. The minimum absolute atomic E-state index is 0. The summed E-state index contributed by atoms with van der Waals surface area (Å²) in [5, 5.41) is 6.75. The number of hydrogen-bond acceptors (Lipinski definition) is 4. The number of hydrogen-bond donors (Lipinski definition) is 2. The van der Waals surface area contributed by atoms with Crippen molar-refractivity contribution in [3.8, 4) is 0 Å².